The van der Waals surface area contributed by atoms with E-state index in [-0.39, 0.29) is 5.91 Å². The molecule has 102 valence electrons. The van der Waals surface area contributed by atoms with Crippen molar-refractivity contribution in [3.05, 3.63) is 40.4 Å². The Morgan fingerprint density at radius 3 is 2.79 bits per heavy atom. The van der Waals surface area contributed by atoms with Crippen LogP contribution in [0.2, 0.25) is 0 Å². The maximum atomic E-state index is 12.2. The van der Waals surface area contributed by atoms with Crippen LogP contribution < -0.4 is 0 Å². The molecular formula is C16H20BrNO. The highest BCUT2D eigenvalue weighted by Crippen LogP contribution is 2.29. The summed E-state index contributed by atoms with van der Waals surface area (Å²) in [5.41, 5.74) is 1.04. The third kappa shape index (κ3) is 4.50. The summed E-state index contributed by atoms with van der Waals surface area (Å²) in [6, 6.07) is 7.93. The molecule has 1 aliphatic rings. The number of hydrogen-bond acceptors (Lipinski definition) is 1. The standard InChI is InChI=1S/C16H20BrNO/c1-2-11-18(12-13-7-8-13)16(19)10-9-14-5-3-4-6-15(14)17/h3-6,9-10,13H,2,7-8,11-12H2,1H3/b10-9+. The zero-order chi connectivity index (χ0) is 13.7. The van der Waals surface area contributed by atoms with Crippen LogP contribution >= 0.6 is 15.9 Å². The van der Waals surface area contributed by atoms with Gasteiger partial charge in [-0.2, -0.15) is 0 Å². The van der Waals surface area contributed by atoms with E-state index in [2.05, 4.69) is 22.9 Å². The lowest BCUT2D eigenvalue weighted by molar-refractivity contribution is -0.126. The predicted octanol–water partition coefficient (Wildman–Crippen LogP) is 4.11. The second-order valence-electron chi connectivity index (χ2n) is 5.08. The molecule has 0 aromatic heterocycles. The van der Waals surface area contributed by atoms with Crippen molar-refractivity contribution in [2.75, 3.05) is 13.1 Å². The fourth-order valence-corrected chi connectivity index (χ4v) is 2.47. The molecule has 0 spiro atoms. The van der Waals surface area contributed by atoms with Crippen LogP contribution in [-0.4, -0.2) is 23.9 Å². The maximum Gasteiger partial charge on any atom is 0.246 e. The second-order valence-corrected chi connectivity index (χ2v) is 5.94. The van der Waals surface area contributed by atoms with Gasteiger partial charge in [0.2, 0.25) is 5.91 Å². The van der Waals surface area contributed by atoms with E-state index in [4.69, 9.17) is 0 Å². The number of carbonyl (C=O) groups is 1. The van der Waals surface area contributed by atoms with Crippen LogP contribution in [0.25, 0.3) is 6.08 Å². The summed E-state index contributed by atoms with van der Waals surface area (Å²) in [6.07, 6.45) is 7.16. The topological polar surface area (TPSA) is 20.3 Å². The van der Waals surface area contributed by atoms with Crippen LogP contribution in [0.15, 0.2) is 34.8 Å². The van der Waals surface area contributed by atoms with Gasteiger partial charge >= 0.3 is 0 Å². The number of halogens is 1. The maximum absolute atomic E-state index is 12.2. The van der Waals surface area contributed by atoms with Crippen LogP contribution in [-0.2, 0) is 4.79 Å². The van der Waals surface area contributed by atoms with Crippen LogP contribution in [0, 0.1) is 5.92 Å². The van der Waals surface area contributed by atoms with Gasteiger partial charge in [-0.15, -0.1) is 0 Å². The molecule has 0 heterocycles. The summed E-state index contributed by atoms with van der Waals surface area (Å²) in [6.45, 7) is 3.90. The van der Waals surface area contributed by atoms with Gasteiger partial charge in [-0.25, -0.2) is 0 Å². The molecule has 1 amide bonds. The fourth-order valence-electron chi connectivity index (χ4n) is 2.05. The van der Waals surface area contributed by atoms with E-state index in [1.807, 2.05) is 35.2 Å². The lowest BCUT2D eigenvalue weighted by atomic mass is 10.2. The molecule has 19 heavy (non-hydrogen) atoms. The van der Waals surface area contributed by atoms with Crippen LogP contribution in [0.4, 0.5) is 0 Å². The Kier molecular flexibility index (Phi) is 5.20. The van der Waals surface area contributed by atoms with Gasteiger partial charge in [0.05, 0.1) is 0 Å². The van der Waals surface area contributed by atoms with Crippen LogP contribution in [0.3, 0.4) is 0 Å². The van der Waals surface area contributed by atoms with E-state index in [9.17, 15) is 4.79 Å². The Bertz CT molecular complexity index is 466. The molecule has 2 nitrogen and oxygen atoms in total. The van der Waals surface area contributed by atoms with E-state index < -0.39 is 0 Å². The number of carbonyl (C=O) groups excluding carboxylic acids is 1. The van der Waals surface area contributed by atoms with Gasteiger partial charge < -0.3 is 4.90 Å². The normalized spacial score (nSPS) is 14.8. The summed E-state index contributed by atoms with van der Waals surface area (Å²) in [5.74, 6) is 0.872. The zero-order valence-corrected chi connectivity index (χ0v) is 12.9. The van der Waals surface area contributed by atoms with Crippen molar-refractivity contribution >= 4 is 27.9 Å². The average Bonchev–Trinajstić information content (AvgIpc) is 3.21. The summed E-state index contributed by atoms with van der Waals surface area (Å²) in [7, 11) is 0. The van der Waals surface area contributed by atoms with E-state index in [0.717, 1.165) is 35.5 Å². The minimum absolute atomic E-state index is 0.129. The molecule has 0 atom stereocenters. The van der Waals surface area contributed by atoms with Gasteiger partial charge in [-0.05, 0) is 42.9 Å². The van der Waals surface area contributed by atoms with E-state index in [1.165, 1.54) is 12.8 Å². The fraction of sp³-hybridized carbons (Fsp3) is 0.438. The van der Waals surface area contributed by atoms with Crippen molar-refractivity contribution in [3.63, 3.8) is 0 Å². The molecule has 0 saturated heterocycles. The first kappa shape index (κ1) is 14.3. The molecule has 1 fully saturated rings. The number of rotatable bonds is 6. The van der Waals surface area contributed by atoms with Crippen molar-refractivity contribution in [2.45, 2.75) is 26.2 Å². The van der Waals surface area contributed by atoms with Gasteiger partial charge in [-0.3, -0.25) is 4.79 Å². The van der Waals surface area contributed by atoms with E-state index in [1.54, 1.807) is 6.08 Å². The molecule has 0 bridgehead atoms. The first-order valence-electron chi connectivity index (χ1n) is 6.92. The van der Waals surface area contributed by atoms with Crippen molar-refractivity contribution in [1.29, 1.82) is 0 Å². The molecule has 0 aliphatic heterocycles. The number of benzene rings is 1. The monoisotopic (exact) mass is 321 g/mol. The van der Waals surface area contributed by atoms with Gasteiger partial charge in [0, 0.05) is 23.6 Å². The largest absolute Gasteiger partial charge is 0.339 e. The summed E-state index contributed by atoms with van der Waals surface area (Å²) >= 11 is 3.49. The number of hydrogen-bond donors (Lipinski definition) is 0. The third-order valence-corrected chi connectivity index (χ3v) is 4.01. The smallest absolute Gasteiger partial charge is 0.246 e. The zero-order valence-electron chi connectivity index (χ0n) is 11.3. The number of nitrogens with zero attached hydrogens (tertiary/aromatic N) is 1. The molecule has 0 unspecified atom stereocenters. The SMILES string of the molecule is CCCN(CC1CC1)C(=O)/C=C/c1ccccc1Br. The lowest BCUT2D eigenvalue weighted by Gasteiger charge is -2.20. The van der Waals surface area contributed by atoms with Gasteiger partial charge in [0.1, 0.15) is 0 Å². The summed E-state index contributed by atoms with van der Waals surface area (Å²) in [5, 5.41) is 0. The molecule has 0 radical (unpaired) electrons. The molecule has 1 aromatic rings. The highest BCUT2D eigenvalue weighted by molar-refractivity contribution is 9.10. The Hall–Kier alpha value is -1.09. The minimum atomic E-state index is 0.129. The average molecular weight is 322 g/mol. The summed E-state index contributed by atoms with van der Waals surface area (Å²) < 4.78 is 1.02. The summed E-state index contributed by atoms with van der Waals surface area (Å²) in [4.78, 5) is 14.2. The number of amides is 1. The van der Waals surface area contributed by atoms with Crippen LogP contribution in [0.1, 0.15) is 31.7 Å². The predicted molar refractivity (Wildman–Crippen MR) is 82.8 cm³/mol. The quantitative estimate of drug-likeness (QED) is 0.722. The first-order chi connectivity index (χ1) is 9.20. The Labute approximate surface area is 123 Å². The molecule has 1 aromatic carbocycles. The van der Waals surface area contributed by atoms with Gasteiger partial charge in [0.25, 0.3) is 0 Å². The Morgan fingerprint density at radius 2 is 2.16 bits per heavy atom. The molecule has 0 N–H and O–H groups in total. The minimum Gasteiger partial charge on any atom is -0.339 e. The molecular weight excluding hydrogens is 302 g/mol. The molecule has 1 saturated carbocycles. The van der Waals surface area contributed by atoms with Crippen LogP contribution in [0.5, 0.6) is 0 Å². The molecule has 1 aliphatic carbocycles. The highest BCUT2D eigenvalue weighted by atomic mass is 79.9. The molecule has 3 heteroatoms. The second kappa shape index (κ2) is 6.90. The van der Waals surface area contributed by atoms with Gasteiger partial charge in [0.15, 0.2) is 0 Å². The van der Waals surface area contributed by atoms with Crippen molar-refractivity contribution in [3.8, 4) is 0 Å². The lowest BCUT2D eigenvalue weighted by Crippen LogP contribution is -2.32. The van der Waals surface area contributed by atoms with Crippen molar-refractivity contribution < 1.29 is 4.79 Å². The third-order valence-electron chi connectivity index (χ3n) is 3.29. The van der Waals surface area contributed by atoms with E-state index in [0.29, 0.717) is 0 Å². The Morgan fingerprint density at radius 1 is 1.42 bits per heavy atom. The Balaban J connectivity index is 1.99. The highest BCUT2D eigenvalue weighted by Gasteiger charge is 2.25. The van der Waals surface area contributed by atoms with Gasteiger partial charge in [-0.1, -0.05) is 41.1 Å². The first-order valence-corrected chi connectivity index (χ1v) is 7.71. The van der Waals surface area contributed by atoms with Crippen molar-refractivity contribution in [1.82, 2.24) is 4.90 Å². The molecule has 2 rings (SSSR count). The van der Waals surface area contributed by atoms with E-state index >= 15 is 0 Å². The van der Waals surface area contributed by atoms with Crippen molar-refractivity contribution in [2.24, 2.45) is 5.92 Å².